The first kappa shape index (κ1) is 23.5. The van der Waals surface area contributed by atoms with Gasteiger partial charge < -0.3 is 15.2 Å². The smallest absolute Gasteiger partial charge is 0.255 e. The molecule has 33 heavy (non-hydrogen) atoms. The normalized spacial score (nSPS) is 9.88. The van der Waals surface area contributed by atoms with Crippen LogP contribution in [0.15, 0.2) is 59.7 Å². The molecule has 2 aromatic carbocycles. The van der Waals surface area contributed by atoms with Gasteiger partial charge in [-0.1, -0.05) is 34.8 Å². The number of carbonyl (C=O) groups is 1. The molecule has 166 valence electrons. The van der Waals surface area contributed by atoms with Crippen molar-refractivity contribution in [3.8, 4) is 23.3 Å². The molecule has 2 N–H and O–H groups in total. The van der Waals surface area contributed by atoms with Crippen molar-refractivity contribution in [3.63, 3.8) is 0 Å². The lowest BCUT2D eigenvalue weighted by Gasteiger charge is -2.10. The van der Waals surface area contributed by atoms with Crippen molar-refractivity contribution in [3.05, 3.63) is 92.6 Å². The molecule has 8 nitrogen and oxygen atoms in total. The Morgan fingerprint density at radius 3 is 2.85 bits per heavy atom. The molecule has 3 rings (SSSR count). The highest BCUT2D eigenvalue weighted by Crippen LogP contribution is 2.24. The average Bonchev–Trinajstić information content (AvgIpc) is 2.79. The van der Waals surface area contributed by atoms with E-state index in [2.05, 4.69) is 32.2 Å². The Bertz CT molecular complexity index is 1280. The van der Waals surface area contributed by atoms with E-state index < -0.39 is 5.91 Å². The van der Waals surface area contributed by atoms with Crippen LogP contribution in [0, 0.1) is 18.8 Å². The minimum atomic E-state index is -0.440. The monoisotopic (exact) mass is 461 g/mol. The number of nitrogens with one attached hydrogen (secondary N) is 1. The van der Waals surface area contributed by atoms with Crippen LogP contribution in [-0.4, -0.2) is 29.1 Å². The van der Waals surface area contributed by atoms with Crippen molar-refractivity contribution in [1.82, 2.24) is 10.3 Å². The zero-order valence-corrected chi connectivity index (χ0v) is 18.5. The number of aryl methyl sites for hydroxylation is 1. The van der Waals surface area contributed by atoms with Gasteiger partial charge in [-0.05, 0) is 67.3 Å². The summed E-state index contributed by atoms with van der Waals surface area (Å²) in [5.41, 5.74) is 10.9. The van der Waals surface area contributed by atoms with Crippen LogP contribution < -0.4 is 10.1 Å². The standard InChI is InChI=1S/C24H20ClN5O3/c1-16-6-11-23(21(28-16)10-7-17-4-2-5-18(25)14-17)33-13-3-12-27-24(32)20-9-8-19(29-30-26)15-22(20)31/h2,4-6,8-9,11,14-15,31H,3,12-13H2,1H3,(H,27,32). The van der Waals surface area contributed by atoms with Crippen molar-refractivity contribution < 1.29 is 14.6 Å². The molecule has 3 aromatic rings. The number of nitrogens with zero attached hydrogens (tertiary/aromatic N) is 4. The number of aromatic nitrogens is 1. The Kier molecular flexibility index (Phi) is 8.14. The fourth-order valence-electron chi connectivity index (χ4n) is 2.82. The number of pyridine rings is 1. The predicted octanol–water partition coefficient (Wildman–Crippen LogP) is 5.29. The highest BCUT2D eigenvalue weighted by molar-refractivity contribution is 6.30. The second-order valence-corrected chi connectivity index (χ2v) is 7.34. The van der Waals surface area contributed by atoms with E-state index in [1.165, 1.54) is 18.2 Å². The first-order valence-electron chi connectivity index (χ1n) is 10.0. The summed E-state index contributed by atoms with van der Waals surface area (Å²) < 4.78 is 5.82. The lowest BCUT2D eigenvalue weighted by atomic mass is 10.1. The van der Waals surface area contributed by atoms with Crippen molar-refractivity contribution in [1.29, 1.82) is 0 Å². The summed E-state index contributed by atoms with van der Waals surface area (Å²) in [4.78, 5) is 19.3. The minimum Gasteiger partial charge on any atom is -0.507 e. The van der Waals surface area contributed by atoms with Crippen LogP contribution in [-0.2, 0) is 0 Å². The molecule has 0 bridgehead atoms. The second kappa shape index (κ2) is 11.4. The molecule has 0 aliphatic rings. The summed E-state index contributed by atoms with van der Waals surface area (Å²) in [7, 11) is 0. The summed E-state index contributed by atoms with van der Waals surface area (Å²) in [5.74, 6) is 5.91. The fraction of sp³-hybridized carbons (Fsp3) is 0.167. The molecule has 0 aliphatic carbocycles. The molecule has 9 heteroatoms. The molecule has 0 radical (unpaired) electrons. The van der Waals surface area contributed by atoms with Gasteiger partial charge in [0, 0.05) is 33.4 Å². The number of ether oxygens (including phenoxy) is 1. The molecule has 0 aliphatic heterocycles. The first-order valence-corrected chi connectivity index (χ1v) is 10.4. The van der Waals surface area contributed by atoms with Gasteiger partial charge in [0.15, 0.2) is 11.4 Å². The second-order valence-electron chi connectivity index (χ2n) is 6.91. The maximum Gasteiger partial charge on any atom is 0.255 e. The van der Waals surface area contributed by atoms with E-state index in [0.717, 1.165) is 11.3 Å². The summed E-state index contributed by atoms with van der Waals surface area (Å²) in [6.45, 7) is 2.54. The van der Waals surface area contributed by atoms with Crippen LogP contribution in [0.4, 0.5) is 5.69 Å². The summed E-state index contributed by atoms with van der Waals surface area (Å²) in [5, 5.41) is 16.6. The molecule has 0 unspecified atom stereocenters. The Morgan fingerprint density at radius 1 is 1.24 bits per heavy atom. The van der Waals surface area contributed by atoms with Crippen LogP contribution in [0.3, 0.4) is 0 Å². The molecule has 0 fully saturated rings. The van der Waals surface area contributed by atoms with E-state index >= 15 is 0 Å². The number of phenols is 1. The molecule has 0 saturated heterocycles. The number of halogens is 1. The number of amides is 1. The zero-order chi connectivity index (χ0) is 23.6. The topological polar surface area (TPSA) is 120 Å². The number of benzene rings is 2. The van der Waals surface area contributed by atoms with E-state index in [4.69, 9.17) is 21.9 Å². The lowest BCUT2D eigenvalue weighted by Crippen LogP contribution is -2.25. The number of hydrogen-bond acceptors (Lipinski definition) is 5. The summed E-state index contributed by atoms with van der Waals surface area (Å²) in [6, 6.07) is 15.0. The van der Waals surface area contributed by atoms with E-state index in [0.29, 0.717) is 36.0 Å². The van der Waals surface area contributed by atoms with Crippen LogP contribution in [0.2, 0.25) is 5.02 Å². The number of carbonyl (C=O) groups excluding carboxylic acids is 1. The van der Waals surface area contributed by atoms with Crippen molar-refractivity contribution in [2.45, 2.75) is 13.3 Å². The van der Waals surface area contributed by atoms with E-state index in [1.54, 1.807) is 12.1 Å². The molecule has 1 amide bonds. The van der Waals surface area contributed by atoms with Gasteiger partial charge in [-0.2, -0.15) is 0 Å². The van der Waals surface area contributed by atoms with Crippen molar-refractivity contribution in [2.24, 2.45) is 5.11 Å². The molecular formula is C24H20ClN5O3. The molecule has 0 saturated carbocycles. The predicted molar refractivity (Wildman–Crippen MR) is 126 cm³/mol. The largest absolute Gasteiger partial charge is 0.507 e. The third-order valence-corrected chi connectivity index (χ3v) is 4.63. The first-order chi connectivity index (χ1) is 16.0. The third-order valence-electron chi connectivity index (χ3n) is 4.40. The molecule has 0 atom stereocenters. The number of rotatable bonds is 7. The average molecular weight is 462 g/mol. The minimum absolute atomic E-state index is 0.0918. The zero-order valence-electron chi connectivity index (χ0n) is 17.7. The number of phenolic OH excluding ortho intramolecular Hbond substituents is 1. The maximum absolute atomic E-state index is 12.3. The SMILES string of the molecule is Cc1ccc(OCCCNC(=O)c2ccc(N=[N+]=[N-])cc2O)c(C#Cc2cccc(Cl)c2)n1. The highest BCUT2D eigenvalue weighted by atomic mass is 35.5. The third kappa shape index (κ3) is 6.91. The summed E-state index contributed by atoms with van der Waals surface area (Å²) in [6.07, 6.45) is 0.526. The Labute approximate surface area is 195 Å². The van der Waals surface area contributed by atoms with Gasteiger partial charge in [0.2, 0.25) is 0 Å². The van der Waals surface area contributed by atoms with E-state index in [-0.39, 0.29) is 17.0 Å². The summed E-state index contributed by atoms with van der Waals surface area (Å²) >= 11 is 6.00. The number of azide groups is 1. The molecule has 1 aromatic heterocycles. The maximum atomic E-state index is 12.3. The molecule has 1 heterocycles. The Hall–Kier alpha value is -4.18. The molecular weight excluding hydrogens is 442 g/mol. The van der Waals surface area contributed by atoms with Crippen LogP contribution in [0.25, 0.3) is 10.4 Å². The van der Waals surface area contributed by atoms with Gasteiger partial charge in [-0.25, -0.2) is 4.98 Å². The highest BCUT2D eigenvalue weighted by Gasteiger charge is 2.11. The van der Waals surface area contributed by atoms with Crippen LogP contribution >= 0.6 is 11.6 Å². The van der Waals surface area contributed by atoms with Crippen molar-refractivity contribution >= 4 is 23.2 Å². The van der Waals surface area contributed by atoms with Crippen LogP contribution in [0.5, 0.6) is 11.5 Å². The Morgan fingerprint density at radius 2 is 2.09 bits per heavy atom. The van der Waals surface area contributed by atoms with Crippen molar-refractivity contribution in [2.75, 3.05) is 13.2 Å². The van der Waals surface area contributed by atoms with Gasteiger partial charge >= 0.3 is 0 Å². The Balaban J connectivity index is 1.55. The van der Waals surface area contributed by atoms with Gasteiger partial charge in [-0.15, -0.1) is 0 Å². The van der Waals surface area contributed by atoms with Crippen LogP contribution in [0.1, 0.15) is 33.7 Å². The number of aromatic hydroxyl groups is 1. The lowest BCUT2D eigenvalue weighted by molar-refractivity contribution is 0.0949. The van der Waals surface area contributed by atoms with Gasteiger partial charge in [0.1, 0.15) is 5.75 Å². The number of hydrogen-bond donors (Lipinski definition) is 2. The van der Waals surface area contributed by atoms with Gasteiger partial charge in [-0.3, -0.25) is 4.79 Å². The molecule has 0 spiro atoms. The quantitative estimate of drug-likeness (QED) is 0.163. The fourth-order valence-corrected chi connectivity index (χ4v) is 3.02. The van der Waals surface area contributed by atoms with E-state index in [1.807, 2.05) is 31.2 Å². The van der Waals surface area contributed by atoms with E-state index in [9.17, 15) is 9.90 Å². The van der Waals surface area contributed by atoms with Gasteiger partial charge in [0.25, 0.3) is 5.91 Å². The van der Waals surface area contributed by atoms with Gasteiger partial charge in [0.05, 0.1) is 12.2 Å².